The number of amides is 2. The van der Waals surface area contributed by atoms with Crippen LogP contribution in [0.5, 0.6) is 0 Å². The largest absolute Gasteiger partial charge is 0.421 e. The van der Waals surface area contributed by atoms with Crippen molar-refractivity contribution in [3.05, 3.63) is 75.2 Å². The van der Waals surface area contributed by atoms with E-state index in [0.717, 1.165) is 37.8 Å². The fraction of sp³-hybridized carbons (Fsp3) is 0.406. The van der Waals surface area contributed by atoms with Gasteiger partial charge in [0.15, 0.2) is 11.6 Å². The number of benzene rings is 1. The van der Waals surface area contributed by atoms with Gasteiger partial charge in [-0.2, -0.15) is 0 Å². The molecule has 6 rings (SSSR count). The highest BCUT2D eigenvalue weighted by Gasteiger charge is 2.35. The van der Waals surface area contributed by atoms with Crippen molar-refractivity contribution in [2.24, 2.45) is 0 Å². The first-order valence-corrected chi connectivity index (χ1v) is 15.7. The standard InChI is InChI=1S/C30H29F2N5O4S.C2H6/c1-16-35-36-29(41-16)25-22(15-40-18-6-4-3-5-7-18)34-21-14-37(2)30(39)26(21)27(25)23-10-11-24(42-23)28(38)33-13-17-8-9-19(31)20(32)12-17;1-2/h8-12,18H,3-7,13-15H2,1-2H3,(H,33,38);1-2H3. The van der Waals surface area contributed by atoms with Crippen LogP contribution in [0.15, 0.2) is 34.7 Å². The molecule has 2 aliphatic rings. The molecule has 0 unspecified atom stereocenters. The number of rotatable bonds is 8. The number of hydrogen-bond donors (Lipinski definition) is 1. The minimum absolute atomic E-state index is 0.0202. The third-order valence-electron chi connectivity index (χ3n) is 7.56. The van der Waals surface area contributed by atoms with Gasteiger partial charge in [-0.15, -0.1) is 21.5 Å². The Bertz CT molecular complexity index is 1660. The Morgan fingerprint density at radius 2 is 1.84 bits per heavy atom. The minimum Gasteiger partial charge on any atom is -0.421 e. The normalized spacial score (nSPS) is 14.8. The molecule has 0 saturated heterocycles. The van der Waals surface area contributed by atoms with Crippen LogP contribution in [0.3, 0.4) is 0 Å². The zero-order valence-electron chi connectivity index (χ0n) is 25.2. The second-order valence-corrected chi connectivity index (χ2v) is 11.7. The Labute approximate surface area is 258 Å². The van der Waals surface area contributed by atoms with Crippen LogP contribution < -0.4 is 5.32 Å². The summed E-state index contributed by atoms with van der Waals surface area (Å²) in [5.74, 6) is -1.92. The molecule has 4 aromatic rings. The predicted octanol–water partition coefficient (Wildman–Crippen LogP) is 6.84. The topological polar surface area (TPSA) is 110 Å². The lowest BCUT2D eigenvalue weighted by atomic mass is 9.96. The number of aromatic nitrogens is 3. The number of nitrogens with one attached hydrogen (secondary N) is 1. The molecule has 12 heteroatoms. The molecule has 1 saturated carbocycles. The van der Waals surface area contributed by atoms with Crippen LogP contribution in [0.25, 0.3) is 21.9 Å². The first kappa shape index (κ1) is 31.4. The molecule has 1 N–H and O–H groups in total. The Kier molecular flexibility index (Phi) is 9.80. The predicted molar refractivity (Wildman–Crippen MR) is 162 cm³/mol. The SMILES string of the molecule is CC.Cc1nnc(-c2c(COC3CCCCC3)nc3c(c2-c2ccc(C(=O)NCc4ccc(F)c(F)c4)s2)C(=O)N(C)C3)o1. The van der Waals surface area contributed by atoms with Crippen LogP contribution in [-0.4, -0.2) is 45.0 Å². The maximum absolute atomic E-state index is 13.6. The lowest BCUT2D eigenvalue weighted by Crippen LogP contribution is -2.21. The number of ether oxygens (including phenoxy) is 1. The Morgan fingerprint density at radius 1 is 1.07 bits per heavy atom. The van der Waals surface area contributed by atoms with Gasteiger partial charge in [-0.3, -0.25) is 14.6 Å². The van der Waals surface area contributed by atoms with Gasteiger partial charge in [0, 0.05) is 31.0 Å². The zero-order chi connectivity index (χ0) is 31.4. The van der Waals surface area contributed by atoms with Gasteiger partial charge in [-0.05, 0) is 42.7 Å². The average molecular weight is 624 g/mol. The maximum Gasteiger partial charge on any atom is 0.261 e. The molecule has 2 amide bonds. The van der Waals surface area contributed by atoms with Gasteiger partial charge in [0.05, 0.1) is 46.6 Å². The van der Waals surface area contributed by atoms with E-state index in [4.69, 9.17) is 14.1 Å². The molecule has 4 heterocycles. The van der Waals surface area contributed by atoms with Crippen molar-refractivity contribution >= 4 is 23.2 Å². The van der Waals surface area contributed by atoms with Gasteiger partial charge in [0.25, 0.3) is 11.8 Å². The van der Waals surface area contributed by atoms with Crippen molar-refractivity contribution in [2.45, 2.75) is 78.7 Å². The second-order valence-electron chi connectivity index (χ2n) is 10.6. The molecule has 1 aliphatic carbocycles. The van der Waals surface area contributed by atoms with Gasteiger partial charge in [0.2, 0.25) is 11.8 Å². The van der Waals surface area contributed by atoms with Gasteiger partial charge < -0.3 is 19.4 Å². The zero-order valence-corrected chi connectivity index (χ0v) is 26.0. The van der Waals surface area contributed by atoms with Crippen LogP contribution in [0.2, 0.25) is 0 Å². The first-order valence-electron chi connectivity index (χ1n) is 14.8. The Balaban J connectivity index is 0.00000188. The number of fused-ring (bicyclic) bond motifs is 1. The van der Waals surface area contributed by atoms with E-state index in [1.807, 2.05) is 13.8 Å². The smallest absolute Gasteiger partial charge is 0.261 e. The molecule has 1 aliphatic heterocycles. The third-order valence-corrected chi connectivity index (χ3v) is 8.66. The summed E-state index contributed by atoms with van der Waals surface area (Å²) in [4.78, 5) is 34.0. The van der Waals surface area contributed by atoms with Crippen molar-refractivity contribution in [1.29, 1.82) is 0 Å². The van der Waals surface area contributed by atoms with Gasteiger partial charge in [0.1, 0.15) is 0 Å². The van der Waals surface area contributed by atoms with E-state index < -0.39 is 11.6 Å². The average Bonchev–Trinajstić information content (AvgIpc) is 3.76. The maximum atomic E-state index is 13.6. The van der Waals surface area contributed by atoms with Crippen molar-refractivity contribution in [3.63, 3.8) is 0 Å². The number of nitrogens with zero attached hydrogens (tertiary/aromatic N) is 4. The number of pyridine rings is 1. The van der Waals surface area contributed by atoms with Gasteiger partial charge >= 0.3 is 0 Å². The summed E-state index contributed by atoms with van der Waals surface area (Å²) in [7, 11) is 1.72. The minimum atomic E-state index is -0.978. The highest BCUT2D eigenvalue weighted by molar-refractivity contribution is 7.17. The number of thiophene rings is 1. The molecule has 44 heavy (non-hydrogen) atoms. The molecule has 232 valence electrons. The summed E-state index contributed by atoms with van der Waals surface area (Å²) in [6.45, 7) is 6.27. The summed E-state index contributed by atoms with van der Waals surface area (Å²) in [5, 5.41) is 11.0. The molecule has 0 spiro atoms. The van der Waals surface area contributed by atoms with Gasteiger partial charge in [-0.1, -0.05) is 39.2 Å². The van der Waals surface area contributed by atoms with Gasteiger partial charge in [-0.25, -0.2) is 8.78 Å². The number of aryl methyl sites for hydroxylation is 1. The van der Waals surface area contributed by atoms with Crippen LogP contribution in [0.1, 0.15) is 88.8 Å². The summed E-state index contributed by atoms with van der Waals surface area (Å²) in [6.07, 6.45) is 5.56. The highest BCUT2D eigenvalue weighted by atomic mass is 32.1. The van der Waals surface area contributed by atoms with E-state index in [1.165, 1.54) is 23.8 Å². The molecular formula is C32H35F2N5O4S. The molecular weight excluding hydrogens is 588 g/mol. The summed E-state index contributed by atoms with van der Waals surface area (Å²) >= 11 is 1.20. The second kappa shape index (κ2) is 13.7. The highest BCUT2D eigenvalue weighted by Crippen LogP contribution is 2.43. The molecule has 1 aromatic carbocycles. The Morgan fingerprint density at radius 3 is 2.55 bits per heavy atom. The molecule has 0 atom stereocenters. The van der Waals surface area contributed by atoms with E-state index in [2.05, 4.69) is 15.5 Å². The fourth-order valence-corrected chi connectivity index (χ4v) is 6.42. The molecule has 9 nitrogen and oxygen atoms in total. The lowest BCUT2D eigenvalue weighted by Gasteiger charge is -2.23. The van der Waals surface area contributed by atoms with Crippen LogP contribution in [0, 0.1) is 18.6 Å². The summed E-state index contributed by atoms with van der Waals surface area (Å²) in [5.41, 5.74) is 3.17. The molecule has 3 aromatic heterocycles. The number of halogens is 2. The van der Waals surface area contributed by atoms with Crippen LogP contribution >= 0.6 is 11.3 Å². The summed E-state index contributed by atoms with van der Waals surface area (Å²) < 4.78 is 39.1. The van der Waals surface area contributed by atoms with Crippen molar-refractivity contribution in [1.82, 2.24) is 25.4 Å². The monoisotopic (exact) mass is 623 g/mol. The number of carbonyl (C=O) groups is 2. The van der Waals surface area contributed by atoms with E-state index in [1.54, 1.807) is 31.0 Å². The first-order chi connectivity index (χ1) is 21.3. The number of hydrogen-bond acceptors (Lipinski definition) is 8. The van der Waals surface area contributed by atoms with E-state index in [0.29, 0.717) is 55.8 Å². The Hall–Kier alpha value is -4.03. The quantitative estimate of drug-likeness (QED) is 0.229. The molecule has 0 radical (unpaired) electrons. The summed E-state index contributed by atoms with van der Waals surface area (Å²) in [6, 6.07) is 6.92. The van der Waals surface area contributed by atoms with E-state index in [-0.39, 0.29) is 37.0 Å². The van der Waals surface area contributed by atoms with Crippen molar-refractivity contribution in [2.75, 3.05) is 7.05 Å². The van der Waals surface area contributed by atoms with Crippen molar-refractivity contribution in [3.8, 4) is 21.9 Å². The lowest BCUT2D eigenvalue weighted by molar-refractivity contribution is 0.0154. The fourth-order valence-electron chi connectivity index (χ4n) is 5.44. The van der Waals surface area contributed by atoms with E-state index >= 15 is 0 Å². The van der Waals surface area contributed by atoms with E-state index in [9.17, 15) is 18.4 Å². The number of carbonyl (C=O) groups excluding carboxylic acids is 2. The molecule has 0 bridgehead atoms. The van der Waals surface area contributed by atoms with Crippen LogP contribution in [-0.2, 0) is 24.4 Å². The van der Waals surface area contributed by atoms with Crippen molar-refractivity contribution < 1.29 is 27.5 Å². The molecule has 1 fully saturated rings. The van der Waals surface area contributed by atoms with Crippen LogP contribution in [0.4, 0.5) is 8.78 Å². The third kappa shape index (κ3) is 6.56.